The summed E-state index contributed by atoms with van der Waals surface area (Å²) >= 11 is 0. The number of carboxylic acid groups (broad SMARTS) is 1. The Morgan fingerprint density at radius 2 is 1.92 bits per heavy atom. The molecule has 0 fully saturated rings. The van der Waals surface area contributed by atoms with Crippen LogP contribution >= 0.6 is 0 Å². The Hall–Kier alpha value is -1.14. The lowest BCUT2D eigenvalue weighted by Crippen LogP contribution is -2.18. The number of aliphatic carboxylic acids is 1. The van der Waals surface area contributed by atoms with E-state index in [1.54, 1.807) is 13.8 Å². The molecule has 0 saturated carbocycles. The van der Waals surface area contributed by atoms with Crippen molar-refractivity contribution >= 4 is 11.9 Å². The highest BCUT2D eigenvalue weighted by Gasteiger charge is 2.06. The number of hydrogen-bond acceptors (Lipinski definition) is 5. The number of ether oxygens (including phenoxy) is 1. The van der Waals surface area contributed by atoms with Gasteiger partial charge in [0.25, 0.3) is 0 Å². The highest BCUT2D eigenvalue weighted by molar-refractivity contribution is 5.71. The van der Waals surface area contributed by atoms with Crippen LogP contribution in [0.2, 0.25) is 0 Å². The molecule has 0 heterocycles. The molecular formula is C7H12O6. The second kappa shape index (κ2) is 6.38. The van der Waals surface area contributed by atoms with Gasteiger partial charge in [-0.15, -0.1) is 0 Å². The first-order valence-corrected chi connectivity index (χ1v) is 3.68. The van der Waals surface area contributed by atoms with Gasteiger partial charge in [0, 0.05) is 0 Å². The molecule has 0 aromatic carbocycles. The zero-order chi connectivity index (χ0) is 10.3. The van der Waals surface area contributed by atoms with E-state index in [0.29, 0.717) is 0 Å². The normalized spacial score (nSPS) is 10.1. The summed E-state index contributed by atoms with van der Waals surface area (Å²) < 4.78 is 4.44. The van der Waals surface area contributed by atoms with Crippen molar-refractivity contribution in [2.24, 2.45) is 0 Å². The second-order valence-electron chi connectivity index (χ2n) is 2.49. The largest absolute Gasteiger partial charge is 0.480 e. The summed E-state index contributed by atoms with van der Waals surface area (Å²) in [5.41, 5.74) is 0. The lowest BCUT2D eigenvalue weighted by atomic mass is 10.5. The third-order valence-electron chi connectivity index (χ3n) is 0.779. The maximum absolute atomic E-state index is 10.7. The predicted molar refractivity (Wildman–Crippen MR) is 40.8 cm³/mol. The van der Waals surface area contributed by atoms with E-state index in [2.05, 4.69) is 14.5 Å². The summed E-state index contributed by atoms with van der Waals surface area (Å²) in [7, 11) is 0. The monoisotopic (exact) mass is 192 g/mol. The van der Waals surface area contributed by atoms with Crippen molar-refractivity contribution in [3.05, 3.63) is 0 Å². The Bertz CT molecular complexity index is 176. The van der Waals surface area contributed by atoms with E-state index in [1.807, 2.05) is 0 Å². The van der Waals surface area contributed by atoms with Crippen LogP contribution in [0.15, 0.2) is 0 Å². The van der Waals surface area contributed by atoms with Gasteiger partial charge in [-0.1, -0.05) is 0 Å². The molecule has 76 valence electrons. The molecule has 13 heavy (non-hydrogen) atoms. The summed E-state index contributed by atoms with van der Waals surface area (Å²) in [4.78, 5) is 29.3. The van der Waals surface area contributed by atoms with Crippen molar-refractivity contribution in [2.45, 2.75) is 20.0 Å². The topological polar surface area (TPSA) is 82.1 Å². The highest BCUT2D eigenvalue weighted by Crippen LogP contribution is 1.90. The quantitative estimate of drug-likeness (QED) is 0.470. The molecule has 0 aromatic heterocycles. The standard InChI is InChI=1S/C7H12O6/c1-5(2)12-13-7(10)4-11-3-6(8)9/h5H,3-4H2,1-2H3,(H,8,9). The van der Waals surface area contributed by atoms with Crippen molar-refractivity contribution in [2.75, 3.05) is 13.2 Å². The van der Waals surface area contributed by atoms with Crippen LogP contribution in [0.1, 0.15) is 13.8 Å². The van der Waals surface area contributed by atoms with Crippen molar-refractivity contribution in [3.8, 4) is 0 Å². The Morgan fingerprint density at radius 3 is 2.38 bits per heavy atom. The Kier molecular flexibility index (Phi) is 5.82. The molecule has 0 rings (SSSR count). The molecule has 0 aliphatic carbocycles. The van der Waals surface area contributed by atoms with Crippen LogP contribution < -0.4 is 0 Å². The predicted octanol–water partition coefficient (Wildman–Crippen LogP) is -0.0292. The van der Waals surface area contributed by atoms with Crippen LogP contribution in [0.4, 0.5) is 0 Å². The van der Waals surface area contributed by atoms with E-state index >= 15 is 0 Å². The van der Waals surface area contributed by atoms with Gasteiger partial charge in [0.1, 0.15) is 13.2 Å². The van der Waals surface area contributed by atoms with Gasteiger partial charge in [0.15, 0.2) is 0 Å². The molecule has 0 radical (unpaired) electrons. The smallest absolute Gasteiger partial charge is 0.367 e. The van der Waals surface area contributed by atoms with E-state index < -0.39 is 25.2 Å². The average Bonchev–Trinajstić information content (AvgIpc) is 2.00. The van der Waals surface area contributed by atoms with Gasteiger partial charge in [-0.25, -0.2) is 9.59 Å². The summed E-state index contributed by atoms with van der Waals surface area (Å²) in [6, 6.07) is 0. The van der Waals surface area contributed by atoms with E-state index in [-0.39, 0.29) is 6.10 Å². The summed E-state index contributed by atoms with van der Waals surface area (Å²) in [5.74, 6) is -1.90. The fraction of sp³-hybridized carbons (Fsp3) is 0.714. The molecule has 0 bridgehead atoms. The van der Waals surface area contributed by atoms with Crippen molar-refractivity contribution in [1.82, 2.24) is 0 Å². The number of carbonyl (C=O) groups excluding carboxylic acids is 1. The molecule has 0 aliphatic rings. The highest BCUT2D eigenvalue weighted by atomic mass is 17.2. The molecule has 0 aliphatic heterocycles. The number of carbonyl (C=O) groups is 2. The first kappa shape index (κ1) is 11.9. The van der Waals surface area contributed by atoms with Crippen LogP contribution in [-0.2, 0) is 24.1 Å². The van der Waals surface area contributed by atoms with Gasteiger partial charge in [-0.2, -0.15) is 4.89 Å². The number of rotatable bonds is 6. The fourth-order valence-electron chi connectivity index (χ4n) is 0.396. The lowest BCUT2D eigenvalue weighted by Gasteiger charge is -2.05. The molecule has 0 saturated heterocycles. The van der Waals surface area contributed by atoms with E-state index in [1.165, 1.54) is 0 Å². The van der Waals surface area contributed by atoms with Crippen LogP contribution in [0, 0.1) is 0 Å². The zero-order valence-electron chi connectivity index (χ0n) is 7.48. The minimum Gasteiger partial charge on any atom is -0.480 e. The molecule has 0 amide bonds. The fourth-order valence-corrected chi connectivity index (χ4v) is 0.396. The van der Waals surface area contributed by atoms with Crippen molar-refractivity contribution in [1.29, 1.82) is 0 Å². The first-order chi connectivity index (χ1) is 6.02. The summed E-state index contributed by atoms with van der Waals surface area (Å²) in [6.07, 6.45) is -0.233. The Labute approximate surface area is 75.3 Å². The second-order valence-corrected chi connectivity index (χ2v) is 2.49. The molecule has 0 aromatic rings. The van der Waals surface area contributed by atoms with Gasteiger partial charge in [-0.05, 0) is 13.8 Å². The average molecular weight is 192 g/mol. The molecular weight excluding hydrogens is 180 g/mol. The third-order valence-corrected chi connectivity index (χ3v) is 0.779. The summed E-state index contributed by atoms with van der Waals surface area (Å²) in [6.45, 7) is 2.41. The minimum absolute atomic E-state index is 0.233. The SMILES string of the molecule is CC(C)OOC(=O)COCC(=O)O. The maximum atomic E-state index is 10.7. The number of hydrogen-bond donors (Lipinski definition) is 1. The van der Waals surface area contributed by atoms with Crippen molar-refractivity contribution < 1.29 is 29.2 Å². The van der Waals surface area contributed by atoms with Gasteiger partial charge >= 0.3 is 11.9 Å². The van der Waals surface area contributed by atoms with Crippen LogP contribution in [-0.4, -0.2) is 36.4 Å². The molecule has 6 heteroatoms. The van der Waals surface area contributed by atoms with E-state index in [9.17, 15) is 9.59 Å². The molecule has 1 N–H and O–H groups in total. The minimum atomic E-state index is -1.14. The van der Waals surface area contributed by atoms with Gasteiger partial charge < -0.3 is 9.84 Å². The van der Waals surface area contributed by atoms with Crippen LogP contribution in [0.5, 0.6) is 0 Å². The van der Waals surface area contributed by atoms with Crippen LogP contribution in [0.3, 0.4) is 0 Å². The lowest BCUT2D eigenvalue weighted by molar-refractivity contribution is -0.293. The first-order valence-electron chi connectivity index (χ1n) is 3.68. The van der Waals surface area contributed by atoms with E-state index in [0.717, 1.165) is 0 Å². The Balaban J connectivity index is 3.35. The molecule has 0 atom stereocenters. The molecule has 6 nitrogen and oxygen atoms in total. The number of carboxylic acids is 1. The molecule has 0 unspecified atom stereocenters. The molecule has 0 spiro atoms. The maximum Gasteiger partial charge on any atom is 0.367 e. The van der Waals surface area contributed by atoms with Crippen molar-refractivity contribution in [3.63, 3.8) is 0 Å². The third kappa shape index (κ3) is 8.77. The van der Waals surface area contributed by atoms with Gasteiger partial charge in [0.2, 0.25) is 0 Å². The zero-order valence-corrected chi connectivity index (χ0v) is 7.48. The van der Waals surface area contributed by atoms with Gasteiger partial charge in [0.05, 0.1) is 6.10 Å². The van der Waals surface area contributed by atoms with Crippen LogP contribution in [0.25, 0.3) is 0 Å². The van der Waals surface area contributed by atoms with Gasteiger partial charge in [-0.3, -0.25) is 4.89 Å². The summed E-state index contributed by atoms with van der Waals surface area (Å²) in [5, 5.41) is 8.14. The van der Waals surface area contributed by atoms with E-state index in [4.69, 9.17) is 5.11 Å². The Morgan fingerprint density at radius 1 is 1.31 bits per heavy atom.